The van der Waals surface area contributed by atoms with Gasteiger partial charge in [0.05, 0.1) is 5.69 Å². The van der Waals surface area contributed by atoms with Gasteiger partial charge in [0.1, 0.15) is 0 Å². The SMILES string of the molecule is CSC(=Nc1cccc(-c2nc3ncccc3o2)c1)NC#N. The summed E-state index contributed by atoms with van der Waals surface area (Å²) in [5.74, 6) is 0.490. The Morgan fingerprint density at radius 2 is 2.27 bits per heavy atom. The monoisotopic (exact) mass is 309 g/mol. The molecule has 22 heavy (non-hydrogen) atoms. The third kappa shape index (κ3) is 2.92. The Balaban J connectivity index is 1.99. The van der Waals surface area contributed by atoms with Gasteiger partial charge in [0.2, 0.25) is 5.89 Å². The van der Waals surface area contributed by atoms with Crippen LogP contribution in [0.15, 0.2) is 52.0 Å². The number of rotatable bonds is 2. The summed E-state index contributed by atoms with van der Waals surface area (Å²) in [7, 11) is 0. The third-order valence-electron chi connectivity index (χ3n) is 2.84. The lowest BCUT2D eigenvalue weighted by Crippen LogP contribution is -2.12. The van der Waals surface area contributed by atoms with Gasteiger partial charge >= 0.3 is 0 Å². The first-order chi connectivity index (χ1) is 10.8. The number of pyridine rings is 1. The zero-order valence-corrected chi connectivity index (χ0v) is 12.5. The van der Waals surface area contributed by atoms with E-state index in [1.807, 2.05) is 42.8 Å². The van der Waals surface area contributed by atoms with Crippen LogP contribution in [0.5, 0.6) is 0 Å². The first-order valence-corrected chi connectivity index (χ1v) is 7.62. The quantitative estimate of drug-likeness (QED) is 0.338. The fourth-order valence-electron chi connectivity index (χ4n) is 1.89. The van der Waals surface area contributed by atoms with E-state index in [2.05, 4.69) is 20.3 Å². The third-order valence-corrected chi connectivity index (χ3v) is 3.42. The molecule has 0 amide bonds. The number of amidine groups is 1. The van der Waals surface area contributed by atoms with Crippen molar-refractivity contribution in [3.8, 4) is 17.6 Å². The number of oxazole rings is 1. The zero-order valence-electron chi connectivity index (χ0n) is 11.6. The molecule has 0 atom stereocenters. The van der Waals surface area contributed by atoms with Gasteiger partial charge in [0.25, 0.3) is 0 Å². The second kappa shape index (κ2) is 6.28. The second-order valence-corrected chi connectivity index (χ2v) is 5.05. The second-order valence-electron chi connectivity index (χ2n) is 4.25. The number of aliphatic imine (C=N–C) groups is 1. The molecule has 0 aliphatic heterocycles. The lowest BCUT2D eigenvalue weighted by molar-refractivity contribution is 0.619. The molecule has 0 spiro atoms. The summed E-state index contributed by atoms with van der Waals surface area (Å²) in [4.78, 5) is 12.9. The van der Waals surface area contributed by atoms with Crippen LogP contribution in [0.2, 0.25) is 0 Å². The molecule has 0 saturated carbocycles. The number of nitrogens with one attached hydrogen (secondary N) is 1. The maximum Gasteiger partial charge on any atom is 0.228 e. The maximum atomic E-state index is 8.67. The number of fused-ring (bicyclic) bond motifs is 1. The average Bonchev–Trinajstić information content (AvgIpc) is 2.99. The highest BCUT2D eigenvalue weighted by Crippen LogP contribution is 2.26. The largest absolute Gasteiger partial charge is 0.434 e. The zero-order chi connectivity index (χ0) is 15.4. The minimum atomic E-state index is 0.490. The number of thioether (sulfide) groups is 1. The fraction of sp³-hybridized carbons (Fsp3) is 0.0667. The molecule has 2 heterocycles. The van der Waals surface area contributed by atoms with Crippen molar-refractivity contribution in [2.45, 2.75) is 0 Å². The molecule has 0 saturated heterocycles. The van der Waals surface area contributed by atoms with Crippen LogP contribution in [-0.4, -0.2) is 21.4 Å². The number of hydrogen-bond acceptors (Lipinski definition) is 6. The maximum absolute atomic E-state index is 8.67. The lowest BCUT2D eigenvalue weighted by atomic mass is 10.2. The van der Waals surface area contributed by atoms with E-state index in [1.54, 1.807) is 12.3 Å². The van der Waals surface area contributed by atoms with Crippen molar-refractivity contribution in [2.75, 3.05) is 6.26 Å². The van der Waals surface area contributed by atoms with Gasteiger partial charge in [-0.3, -0.25) is 5.32 Å². The molecule has 0 unspecified atom stereocenters. The van der Waals surface area contributed by atoms with Gasteiger partial charge in [-0.2, -0.15) is 10.2 Å². The summed E-state index contributed by atoms with van der Waals surface area (Å²) in [5.41, 5.74) is 2.72. The first kappa shape index (κ1) is 14.1. The number of nitrogens with zero attached hydrogens (tertiary/aromatic N) is 4. The van der Waals surface area contributed by atoms with Crippen molar-refractivity contribution in [3.63, 3.8) is 0 Å². The Hall–Kier alpha value is -2.85. The molecule has 0 radical (unpaired) electrons. The topological polar surface area (TPSA) is 87.1 Å². The van der Waals surface area contributed by atoms with E-state index in [1.165, 1.54) is 11.8 Å². The highest BCUT2D eigenvalue weighted by atomic mass is 32.2. The van der Waals surface area contributed by atoms with Crippen molar-refractivity contribution in [2.24, 2.45) is 4.99 Å². The molecule has 2 aromatic heterocycles. The van der Waals surface area contributed by atoms with Gasteiger partial charge in [0, 0.05) is 11.8 Å². The van der Waals surface area contributed by atoms with E-state index in [-0.39, 0.29) is 0 Å². The number of aromatic nitrogens is 2. The van der Waals surface area contributed by atoms with Gasteiger partial charge < -0.3 is 4.42 Å². The normalized spacial score (nSPS) is 11.4. The highest BCUT2D eigenvalue weighted by molar-refractivity contribution is 8.13. The smallest absolute Gasteiger partial charge is 0.228 e. The highest BCUT2D eigenvalue weighted by Gasteiger charge is 2.09. The molecular weight excluding hydrogens is 298 g/mol. The summed E-state index contributed by atoms with van der Waals surface area (Å²) in [5, 5.41) is 11.7. The Bertz CT molecular complexity index is 848. The van der Waals surface area contributed by atoms with Crippen LogP contribution in [0.3, 0.4) is 0 Å². The average molecular weight is 309 g/mol. The number of nitriles is 1. The summed E-state index contributed by atoms with van der Waals surface area (Å²) < 4.78 is 5.69. The van der Waals surface area contributed by atoms with Gasteiger partial charge in [0.15, 0.2) is 22.6 Å². The van der Waals surface area contributed by atoms with Crippen LogP contribution >= 0.6 is 11.8 Å². The predicted octanol–water partition coefficient (Wildman–Crippen LogP) is 3.31. The molecule has 6 nitrogen and oxygen atoms in total. The first-order valence-electron chi connectivity index (χ1n) is 6.40. The van der Waals surface area contributed by atoms with Crippen LogP contribution in [0.1, 0.15) is 0 Å². The predicted molar refractivity (Wildman–Crippen MR) is 86.6 cm³/mol. The molecular formula is C15H11N5OS. The van der Waals surface area contributed by atoms with E-state index >= 15 is 0 Å². The molecule has 7 heteroatoms. The molecule has 0 aliphatic carbocycles. The van der Waals surface area contributed by atoms with Gasteiger partial charge in [-0.25, -0.2) is 9.98 Å². The van der Waals surface area contributed by atoms with E-state index in [0.29, 0.717) is 28.0 Å². The molecule has 3 rings (SSSR count). The van der Waals surface area contributed by atoms with E-state index in [4.69, 9.17) is 9.68 Å². The Kier molecular flexibility index (Phi) is 4.03. The molecule has 3 aromatic rings. The van der Waals surface area contributed by atoms with Crippen LogP contribution in [0.25, 0.3) is 22.7 Å². The van der Waals surface area contributed by atoms with Crippen molar-refractivity contribution < 1.29 is 4.42 Å². The minimum Gasteiger partial charge on any atom is -0.434 e. The van der Waals surface area contributed by atoms with Crippen molar-refractivity contribution in [1.82, 2.24) is 15.3 Å². The van der Waals surface area contributed by atoms with Crippen molar-refractivity contribution in [3.05, 3.63) is 42.6 Å². The van der Waals surface area contributed by atoms with E-state index in [0.717, 1.165) is 5.56 Å². The summed E-state index contributed by atoms with van der Waals surface area (Å²) in [6, 6.07) is 11.1. The van der Waals surface area contributed by atoms with Crippen LogP contribution in [-0.2, 0) is 0 Å². The van der Waals surface area contributed by atoms with Gasteiger partial charge in [-0.05, 0) is 36.6 Å². The molecule has 108 valence electrons. The lowest BCUT2D eigenvalue weighted by Gasteiger charge is -2.01. The van der Waals surface area contributed by atoms with Crippen molar-refractivity contribution in [1.29, 1.82) is 5.26 Å². The molecule has 1 N–H and O–H groups in total. The molecule has 0 fully saturated rings. The van der Waals surface area contributed by atoms with Gasteiger partial charge in [-0.1, -0.05) is 17.8 Å². The summed E-state index contributed by atoms with van der Waals surface area (Å²) in [6.07, 6.45) is 5.38. The Morgan fingerprint density at radius 1 is 1.36 bits per heavy atom. The standard InChI is InChI=1S/C15H11N5OS/c1-22-15(18-9-16)19-11-5-2-4-10(8-11)14-20-13-12(21-14)6-3-7-17-13/h2-8H,1H3,(H,18,19). The Labute approximate surface area is 130 Å². The van der Waals surface area contributed by atoms with Crippen LogP contribution in [0, 0.1) is 11.5 Å². The van der Waals surface area contributed by atoms with E-state index in [9.17, 15) is 0 Å². The summed E-state index contributed by atoms with van der Waals surface area (Å²) >= 11 is 1.36. The van der Waals surface area contributed by atoms with E-state index < -0.39 is 0 Å². The number of benzene rings is 1. The summed E-state index contributed by atoms with van der Waals surface area (Å²) in [6.45, 7) is 0. The van der Waals surface area contributed by atoms with Crippen molar-refractivity contribution >= 4 is 33.8 Å². The molecule has 0 aliphatic rings. The Morgan fingerprint density at radius 3 is 3.05 bits per heavy atom. The fourth-order valence-corrected chi connectivity index (χ4v) is 2.24. The molecule has 1 aromatic carbocycles. The van der Waals surface area contributed by atoms with Crippen LogP contribution < -0.4 is 5.32 Å². The minimum absolute atomic E-state index is 0.490. The van der Waals surface area contributed by atoms with Gasteiger partial charge in [-0.15, -0.1) is 0 Å². The number of hydrogen-bond donors (Lipinski definition) is 1. The molecule has 0 bridgehead atoms. The van der Waals surface area contributed by atoms with Crippen LogP contribution in [0.4, 0.5) is 5.69 Å².